The molecule has 0 heterocycles. The molecule has 0 atom stereocenters. The van der Waals surface area contributed by atoms with E-state index in [-0.39, 0.29) is 22.5 Å². The summed E-state index contributed by atoms with van der Waals surface area (Å²) >= 11 is 2.96. The fourth-order valence-corrected chi connectivity index (χ4v) is 4.07. The van der Waals surface area contributed by atoms with E-state index in [2.05, 4.69) is 20.7 Å². The molecule has 0 aromatic heterocycles. The molecule has 0 N–H and O–H groups in total. The number of hydrogen-bond donors (Lipinski definition) is 0. The van der Waals surface area contributed by atoms with Crippen LogP contribution in [0.3, 0.4) is 0 Å². The first kappa shape index (κ1) is 17.3. The summed E-state index contributed by atoms with van der Waals surface area (Å²) in [5.74, 6) is -0.483. The van der Waals surface area contributed by atoms with E-state index in [1.54, 1.807) is 13.8 Å². The van der Waals surface area contributed by atoms with Gasteiger partial charge in [0.05, 0.1) is 4.90 Å². The Hall–Kier alpha value is -0.800. The average molecular weight is 376 g/mol. The van der Waals surface area contributed by atoms with Gasteiger partial charge in [-0.25, -0.2) is 8.42 Å². The molecule has 1 aromatic rings. The van der Waals surface area contributed by atoms with E-state index >= 15 is 0 Å². The van der Waals surface area contributed by atoms with E-state index in [1.807, 2.05) is 0 Å². The van der Waals surface area contributed by atoms with Gasteiger partial charge in [-0.15, -0.1) is 13.2 Å². The molecule has 0 fully saturated rings. The second-order valence-corrected chi connectivity index (χ2v) is 6.49. The number of rotatable bonds is 5. The molecule has 20 heavy (non-hydrogen) atoms. The molecule has 0 amide bonds. The van der Waals surface area contributed by atoms with Crippen LogP contribution in [0.5, 0.6) is 5.75 Å². The maximum absolute atomic E-state index is 12.2. The molecule has 4 nitrogen and oxygen atoms in total. The molecule has 0 saturated heterocycles. The topological polar surface area (TPSA) is 46.6 Å². The van der Waals surface area contributed by atoms with Crippen LogP contribution in [0.25, 0.3) is 0 Å². The first-order valence-electron chi connectivity index (χ1n) is 5.67. The van der Waals surface area contributed by atoms with E-state index < -0.39 is 22.1 Å². The summed E-state index contributed by atoms with van der Waals surface area (Å²) in [5, 5.41) is 0. The van der Waals surface area contributed by atoms with E-state index in [4.69, 9.17) is 0 Å². The molecule has 0 aliphatic carbocycles. The maximum Gasteiger partial charge on any atom is 0.573 e. The number of alkyl halides is 3. The minimum Gasteiger partial charge on any atom is -0.406 e. The molecular weight excluding hydrogens is 363 g/mol. The highest BCUT2D eigenvalue weighted by Crippen LogP contribution is 2.31. The molecule has 1 aromatic carbocycles. The number of benzene rings is 1. The van der Waals surface area contributed by atoms with Crippen LogP contribution in [0.2, 0.25) is 0 Å². The van der Waals surface area contributed by atoms with Crippen molar-refractivity contribution in [3.8, 4) is 5.75 Å². The van der Waals surface area contributed by atoms with Crippen molar-refractivity contribution in [3.63, 3.8) is 0 Å². The van der Waals surface area contributed by atoms with Gasteiger partial charge in [0.15, 0.2) is 0 Å². The van der Waals surface area contributed by atoms with Crippen LogP contribution in [0.4, 0.5) is 13.2 Å². The van der Waals surface area contributed by atoms with Gasteiger partial charge < -0.3 is 4.74 Å². The van der Waals surface area contributed by atoms with Crippen molar-refractivity contribution in [1.82, 2.24) is 4.31 Å². The molecule has 0 saturated carbocycles. The summed E-state index contributed by atoms with van der Waals surface area (Å²) < 4.78 is 65.7. The monoisotopic (exact) mass is 375 g/mol. The van der Waals surface area contributed by atoms with E-state index in [0.717, 1.165) is 18.2 Å². The fraction of sp³-hybridized carbons (Fsp3) is 0.455. The second-order valence-electron chi connectivity index (χ2n) is 3.73. The molecule has 1 rings (SSSR count). The Labute approximate surface area is 123 Å². The predicted octanol–water partition coefficient (Wildman–Crippen LogP) is 3.38. The van der Waals surface area contributed by atoms with Crippen molar-refractivity contribution in [2.45, 2.75) is 25.1 Å². The van der Waals surface area contributed by atoms with Crippen LogP contribution < -0.4 is 4.74 Å². The SMILES string of the molecule is CCN(CC)S(=O)(=O)c1ccc(OC(F)(F)F)cc1Br. The van der Waals surface area contributed by atoms with Gasteiger partial charge in [-0.3, -0.25) is 0 Å². The Balaban J connectivity index is 3.17. The fourth-order valence-electron chi connectivity index (χ4n) is 1.59. The van der Waals surface area contributed by atoms with Crippen LogP contribution in [0.15, 0.2) is 27.6 Å². The molecule has 0 bridgehead atoms. The number of sulfonamides is 1. The normalized spacial score (nSPS) is 12.8. The zero-order chi connectivity index (χ0) is 15.6. The Morgan fingerprint density at radius 1 is 1.25 bits per heavy atom. The van der Waals surface area contributed by atoms with Crippen molar-refractivity contribution in [2.24, 2.45) is 0 Å². The van der Waals surface area contributed by atoms with Gasteiger partial charge >= 0.3 is 6.36 Å². The first-order chi connectivity index (χ1) is 9.11. The third kappa shape index (κ3) is 4.10. The van der Waals surface area contributed by atoms with Gasteiger partial charge in [0.1, 0.15) is 5.75 Å². The Kier molecular flexibility index (Phi) is 5.45. The third-order valence-electron chi connectivity index (χ3n) is 2.46. The molecule has 0 aliphatic rings. The van der Waals surface area contributed by atoms with Gasteiger partial charge in [-0.2, -0.15) is 4.31 Å². The summed E-state index contributed by atoms with van der Waals surface area (Å²) in [4.78, 5) is -0.101. The quantitative estimate of drug-likeness (QED) is 0.792. The van der Waals surface area contributed by atoms with Gasteiger partial charge in [0.25, 0.3) is 0 Å². The van der Waals surface area contributed by atoms with Gasteiger partial charge in [-0.05, 0) is 34.1 Å². The first-order valence-corrected chi connectivity index (χ1v) is 7.90. The highest BCUT2D eigenvalue weighted by atomic mass is 79.9. The summed E-state index contributed by atoms with van der Waals surface area (Å²) in [7, 11) is -3.74. The van der Waals surface area contributed by atoms with Gasteiger partial charge in [-0.1, -0.05) is 13.8 Å². The molecule has 0 unspecified atom stereocenters. The lowest BCUT2D eigenvalue weighted by Gasteiger charge is -2.19. The Morgan fingerprint density at radius 3 is 2.20 bits per heavy atom. The number of nitrogens with zero attached hydrogens (tertiary/aromatic N) is 1. The summed E-state index contributed by atoms with van der Waals surface area (Å²) in [6.45, 7) is 3.89. The van der Waals surface area contributed by atoms with Crippen molar-refractivity contribution in [3.05, 3.63) is 22.7 Å². The number of ether oxygens (including phenoxy) is 1. The van der Waals surface area contributed by atoms with Crippen LogP contribution in [-0.2, 0) is 10.0 Å². The number of hydrogen-bond acceptors (Lipinski definition) is 3. The zero-order valence-electron chi connectivity index (χ0n) is 10.7. The molecule has 114 valence electrons. The molecular formula is C11H13BrF3NO3S. The standard InChI is InChI=1S/C11H13BrF3NO3S/c1-3-16(4-2)20(17,18)10-6-5-8(7-9(10)12)19-11(13,14)15/h5-7H,3-4H2,1-2H3. The minimum atomic E-state index is -4.82. The molecule has 9 heteroatoms. The minimum absolute atomic E-state index is 0.0196. The van der Waals surface area contributed by atoms with E-state index in [9.17, 15) is 21.6 Å². The molecule has 0 aliphatic heterocycles. The second kappa shape index (κ2) is 6.31. The lowest BCUT2D eigenvalue weighted by Crippen LogP contribution is -2.30. The van der Waals surface area contributed by atoms with Crippen LogP contribution in [0.1, 0.15) is 13.8 Å². The smallest absolute Gasteiger partial charge is 0.406 e. The molecule has 0 spiro atoms. The Bertz CT molecular complexity index is 571. The van der Waals surface area contributed by atoms with Crippen molar-refractivity contribution >= 4 is 26.0 Å². The Morgan fingerprint density at radius 2 is 1.80 bits per heavy atom. The maximum atomic E-state index is 12.2. The number of halogens is 4. The highest BCUT2D eigenvalue weighted by Gasteiger charge is 2.32. The summed E-state index contributed by atoms with van der Waals surface area (Å²) in [6, 6.07) is 3.03. The highest BCUT2D eigenvalue weighted by molar-refractivity contribution is 9.10. The van der Waals surface area contributed by atoms with Gasteiger partial charge in [0.2, 0.25) is 10.0 Å². The molecule has 0 radical (unpaired) electrons. The lowest BCUT2D eigenvalue weighted by atomic mass is 10.3. The van der Waals surface area contributed by atoms with E-state index in [0.29, 0.717) is 0 Å². The average Bonchev–Trinajstić information content (AvgIpc) is 2.27. The van der Waals surface area contributed by atoms with Crippen molar-refractivity contribution < 1.29 is 26.3 Å². The lowest BCUT2D eigenvalue weighted by molar-refractivity contribution is -0.274. The summed E-state index contributed by atoms with van der Waals surface area (Å²) in [6.07, 6.45) is -4.82. The van der Waals surface area contributed by atoms with Crippen LogP contribution >= 0.6 is 15.9 Å². The third-order valence-corrected chi connectivity index (χ3v) is 5.49. The van der Waals surface area contributed by atoms with Gasteiger partial charge in [0, 0.05) is 17.6 Å². The predicted molar refractivity (Wildman–Crippen MR) is 70.9 cm³/mol. The van der Waals surface area contributed by atoms with Crippen molar-refractivity contribution in [1.29, 1.82) is 0 Å². The van der Waals surface area contributed by atoms with Crippen LogP contribution in [-0.4, -0.2) is 32.2 Å². The van der Waals surface area contributed by atoms with Crippen molar-refractivity contribution in [2.75, 3.05) is 13.1 Å². The van der Waals surface area contributed by atoms with Crippen LogP contribution in [0, 0.1) is 0 Å². The summed E-state index contributed by atoms with van der Waals surface area (Å²) in [5.41, 5.74) is 0. The van der Waals surface area contributed by atoms with E-state index in [1.165, 1.54) is 4.31 Å². The largest absolute Gasteiger partial charge is 0.573 e. The zero-order valence-corrected chi connectivity index (χ0v) is 13.1.